The Labute approximate surface area is 144 Å². The van der Waals surface area contributed by atoms with Gasteiger partial charge in [0.05, 0.1) is 10.9 Å². The molecule has 0 aliphatic heterocycles. The topological polar surface area (TPSA) is 90.9 Å². The van der Waals surface area contributed by atoms with Crippen LogP contribution in [0.5, 0.6) is 17.2 Å². The van der Waals surface area contributed by atoms with Crippen molar-refractivity contribution < 1.29 is 32.9 Å². The van der Waals surface area contributed by atoms with Crippen molar-refractivity contribution in [1.82, 2.24) is 0 Å². The maximum Gasteiger partial charge on any atom is 0.450 e. The van der Waals surface area contributed by atoms with Crippen molar-refractivity contribution in [3.05, 3.63) is 51.9 Å². The summed E-state index contributed by atoms with van der Waals surface area (Å²) >= 11 is 0. The Morgan fingerprint density at radius 2 is 1.69 bits per heavy atom. The van der Waals surface area contributed by atoms with Crippen LogP contribution in [0.3, 0.4) is 0 Å². The molecule has 1 aromatic heterocycles. The van der Waals surface area contributed by atoms with E-state index in [2.05, 4.69) is 0 Å². The first kappa shape index (κ1) is 17.7. The highest BCUT2D eigenvalue weighted by molar-refractivity contribution is 5.85. The van der Waals surface area contributed by atoms with E-state index in [0.29, 0.717) is 12.0 Å². The van der Waals surface area contributed by atoms with Gasteiger partial charge in [0.25, 0.3) is 0 Å². The van der Waals surface area contributed by atoms with Gasteiger partial charge in [-0.3, -0.25) is 4.79 Å². The summed E-state index contributed by atoms with van der Waals surface area (Å²) < 4.78 is 45.3. The van der Waals surface area contributed by atoms with Crippen molar-refractivity contribution in [2.75, 3.05) is 0 Å². The van der Waals surface area contributed by atoms with Crippen LogP contribution in [0.15, 0.2) is 39.5 Å². The van der Waals surface area contributed by atoms with Crippen LogP contribution in [0.1, 0.15) is 18.2 Å². The average Bonchev–Trinajstić information content (AvgIpc) is 2.56. The molecule has 0 unspecified atom stereocenters. The summed E-state index contributed by atoms with van der Waals surface area (Å²) in [5, 5.41) is 28.7. The molecular formula is C18H13F3O5. The fourth-order valence-electron chi connectivity index (χ4n) is 2.70. The number of rotatable bonds is 2. The summed E-state index contributed by atoms with van der Waals surface area (Å²) in [6.45, 7) is 1.71. The molecule has 0 amide bonds. The van der Waals surface area contributed by atoms with Crippen LogP contribution in [0.4, 0.5) is 13.2 Å². The van der Waals surface area contributed by atoms with Gasteiger partial charge in [0.2, 0.25) is 11.2 Å². The van der Waals surface area contributed by atoms with E-state index < -0.39 is 40.0 Å². The third kappa shape index (κ3) is 2.83. The Morgan fingerprint density at radius 3 is 2.27 bits per heavy atom. The highest BCUT2D eigenvalue weighted by Crippen LogP contribution is 2.40. The average molecular weight is 366 g/mol. The Balaban J connectivity index is 2.46. The summed E-state index contributed by atoms with van der Waals surface area (Å²) in [5.74, 6) is -3.03. The summed E-state index contributed by atoms with van der Waals surface area (Å²) in [5.41, 5.74) is -2.02. The number of aryl methyl sites for hydroxylation is 1. The van der Waals surface area contributed by atoms with Gasteiger partial charge >= 0.3 is 6.18 Å². The molecule has 8 heteroatoms. The van der Waals surface area contributed by atoms with Crippen LogP contribution in [-0.2, 0) is 12.6 Å². The monoisotopic (exact) mass is 366 g/mol. The van der Waals surface area contributed by atoms with Gasteiger partial charge in [0.15, 0.2) is 11.5 Å². The predicted molar refractivity (Wildman–Crippen MR) is 87.3 cm³/mol. The molecule has 0 fully saturated rings. The molecule has 0 spiro atoms. The third-order valence-corrected chi connectivity index (χ3v) is 3.99. The van der Waals surface area contributed by atoms with Crippen LogP contribution in [0.25, 0.3) is 22.1 Å². The molecule has 3 aromatic rings. The van der Waals surface area contributed by atoms with E-state index >= 15 is 0 Å². The minimum atomic E-state index is -4.99. The first-order valence-electron chi connectivity index (χ1n) is 7.55. The van der Waals surface area contributed by atoms with E-state index in [-0.39, 0.29) is 16.7 Å². The quantitative estimate of drug-likeness (QED) is 0.593. The summed E-state index contributed by atoms with van der Waals surface area (Å²) in [4.78, 5) is 12.8. The lowest BCUT2D eigenvalue weighted by atomic mass is 9.99. The molecule has 0 aliphatic carbocycles. The van der Waals surface area contributed by atoms with Crippen LogP contribution >= 0.6 is 0 Å². The fraction of sp³-hybridized carbons (Fsp3) is 0.167. The van der Waals surface area contributed by atoms with Crippen LogP contribution in [0, 0.1) is 0 Å². The number of benzene rings is 2. The second kappa shape index (κ2) is 5.98. The summed E-state index contributed by atoms with van der Waals surface area (Å²) in [7, 11) is 0. The second-order valence-corrected chi connectivity index (χ2v) is 5.67. The lowest BCUT2D eigenvalue weighted by Gasteiger charge is -2.14. The lowest BCUT2D eigenvalue weighted by molar-refractivity contribution is -0.152. The molecule has 1 heterocycles. The van der Waals surface area contributed by atoms with Gasteiger partial charge in [0, 0.05) is 6.07 Å². The van der Waals surface area contributed by atoms with E-state index in [1.165, 1.54) is 6.07 Å². The standard InChI is InChI=1S/C18H13F3O5/c1-2-8-5-10-14(7-12(8)23)26-17(18(19,20)21)15(16(10)25)9-3-4-11(22)13(24)6-9/h3-7,22-24H,2H2,1H3. The van der Waals surface area contributed by atoms with Gasteiger partial charge < -0.3 is 19.7 Å². The molecule has 0 bridgehead atoms. The Hall–Kier alpha value is -3.16. The van der Waals surface area contributed by atoms with Gasteiger partial charge in [-0.1, -0.05) is 13.0 Å². The molecule has 3 N–H and O–H groups in total. The minimum Gasteiger partial charge on any atom is -0.508 e. The van der Waals surface area contributed by atoms with E-state index in [1.54, 1.807) is 6.92 Å². The van der Waals surface area contributed by atoms with Crippen LogP contribution < -0.4 is 5.43 Å². The minimum absolute atomic E-state index is 0.129. The van der Waals surface area contributed by atoms with Gasteiger partial charge in [-0.25, -0.2) is 0 Å². The third-order valence-electron chi connectivity index (χ3n) is 3.99. The number of alkyl halides is 3. The molecular weight excluding hydrogens is 353 g/mol. The summed E-state index contributed by atoms with van der Waals surface area (Å²) in [6, 6.07) is 5.15. The highest BCUT2D eigenvalue weighted by atomic mass is 19.4. The lowest BCUT2D eigenvalue weighted by Crippen LogP contribution is -2.16. The number of hydrogen-bond donors (Lipinski definition) is 3. The van der Waals surface area contributed by atoms with E-state index in [9.17, 15) is 33.3 Å². The molecule has 3 rings (SSSR count). The summed E-state index contributed by atoms with van der Waals surface area (Å²) in [6.07, 6.45) is -4.63. The van der Waals surface area contributed by atoms with Gasteiger partial charge in [-0.2, -0.15) is 13.2 Å². The zero-order chi connectivity index (χ0) is 19.2. The molecule has 0 saturated heterocycles. The zero-order valence-corrected chi connectivity index (χ0v) is 13.4. The Bertz CT molecular complexity index is 1070. The molecule has 136 valence electrons. The van der Waals surface area contributed by atoms with Crippen molar-refractivity contribution in [2.45, 2.75) is 19.5 Å². The Kier molecular flexibility index (Phi) is 4.06. The smallest absolute Gasteiger partial charge is 0.450 e. The van der Waals surface area contributed by atoms with Crippen LogP contribution in [-0.4, -0.2) is 15.3 Å². The first-order valence-corrected chi connectivity index (χ1v) is 7.55. The maximum absolute atomic E-state index is 13.5. The molecule has 0 atom stereocenters. The second-order valence-electron chi connectivity index (χ2n) is 5.67. The van der Waals surface area contributed by atoms with Gasteiger partial charge in [-0.15, -0.1) is 0 Å². The van der Waals surface area contributed by atoms with E-state index in [1.807, 2.05) is 0 Å². The van der Waals surface area contributed by atoms with Crippen molar-refractivity contribution >= 4 is 11.0 Å². The van der Waals surface area contributed by atoms with Crippen molar-refractivity contribution in [2.24, 2.45) is 0 Å². The molecule has 0 radical (unpaired) electrons. The zero-order valence-electron chi connectivity index (χ0n) is 13.4. The highest BCUT2D eigenvalue weighted by Gasteiger charge is 2.39. The number of phenols is 3. The van der Waals surface area contributed by atoms with E-state index in [0.717, 1.165) is 24.3 Å². The number of hydrogen-bond acceptors (Lipinski definition) is 5. The number of fused-ring (bicyclic) bond motifs is 1. The van der Waals surface area contributed by atoms with Gasteiger partial charge in [0.1, 0.15) is 11.3 Å². The predicted octanol–water partition coefficient (Wildman–Crippen LogP) is 4.16. The van der Waals surface area contributed by atoms with Crippen molar-refractivity contribution in [1.29, 1.82) is 0 Å². The molecule has 0 aliphatic rings. The van der Waals surface area contributed by atoms with Crippen molar-refractivity contribution in [3.63, 3.8) is 0 Å². The number of aromatic hydroxyl groups is 3. The van der Waals surface area contributed by atoms with Crippen molar-refractivity contribution in [3.8, 4) is 28.4 Å². The Morgan fingerprint density at radius 1 is 1.00 bits per heavy atom. The molecule has 26 heavy (non-hydrogen) atoms. The molecule has 5 nitrogen and oxygen atoms in total. The molecule has 0 saturated carbocycles. The van der Waals surface area contributed by atoms with Crippen LogP contribution in [0.2, 0.25) is 0 Å². The van der Waals surface area contributed by atoms with E-state index in [4.69, 9.17) is 4.42 Å². The largest absolute Gasteiger partial charge is 0.508 e. The fourth-order valence-corrected chi connectivity index (χ4v) is 2.70. The normalized spacial score (nSPS) is 11.8. The number of halogens is 3. The first-order chi connectivity index (χ1) is 12.1. The SMILES string of the molecule is CCc1cc2c(=O)c(-c3ccc(O)c(O)c3)c(C(F)(F)F)oc2cc1O. The van der Waals surface area contributed by atoms with Gasteiger partial charge in [-0.05, 0) is 35.7 Å². The molecule has 2 aromatic carbocycles. The maximum atomic E-state index is 13.5. The number of phenolic OH excluding ortho intramolecular Hbond substituents is 3.